The number of benzene rings is 4. The first kappa shape index (κ1) is 30.8. The predicted molar refractivity (Wildman–Crippen MR) is 190 cm³/mol. The Morgan fingerprint density at radius 1 is 0.455 bits per heavy atom. The van der Waals surface area contributed by atoms with E-state index in [9.17, 15) is 0 Å². The summed E-state index contributed by atoms with van der Waals surface area (Å²) in [5.41, 5.74) is 10.2. The summed E-state index contributed by atoms with van der Waals surface area (Å²) < 4.78 is 0. The molecule has 0 aliphatic carbocycles. The molecule has 5 rings (SSSR count). The number of rotatable bonds is 13. The average Bonchev–Trinajstić information content (AvgIpc) is 3.09. The first-order valence-corrected chi connectivity index (χ1v) is 16.1. The largest absolute Gasteiger partial charge is 0.372 e. The van der Waals surface area contributed by atoms with Gasteiger partial charge in [-0.15, -0.1) is 0 Å². The SMILES string of the molecule is CCN(CC)c1ccc(C(c2ccc(N(CC)CC)cc2)C(c2ccccc2)c2ccc(C=Cc3ccncc3)cc2)cc1. The zero-order valence-electron chi connectivity index (χ0n) is 26.6. The first-order valence-electron chi connectivity index (χ1n) is 16.1. The molecule has 0 spiro atoms. The summed E-state index contributed by atoms with van der Waals surface area (Å²) in [7, 11) is 0. The van der Waals surface area contributed by atoms with Crippen molar-refractivity contribution >= 4 is 23.5 Å². The number of anilines is 2. The maximum absolute atomic E-state index is 4.13. The molecule has 3 heteroatoms. The number of hydrogen-bond donors (Lipinski definition) is 0. The number of hydrogen-bond acceptors (Lipinski definition) is 3. The van der Waals surface area contributed by atoms with Gasteiger partial charge >= 0.3 is 0 Å². The minimum atomic E-state index is 0.145. The van der Waals surface area contributed by atoms with Crippen molar-refractivity contribution in [3.05, 3.63) is 161 Å². The van der Waals surface area contributed by atoms with E-state index in [1.54, 1.807) is 0 Å². The monoisotopic (exact) mass is 579 g/mol. The van der Waals surface area contributed by atoms with E-state index in [0.717, 1.165) is 31.7 Å². The molecule has 0 saturated carbocycles. The van der Waals surface area contributed by atoms with E-state index in [1.165, 1.54) is 39.2 Å². The minimum Gasteiger partial charge on any atom is -0.372 e. The summed E-state index contributed by atoms with van der Waals surface area (Å²) in [6.07, 6.45) is 7.97. The average molecular weight is 580 g/mol. The summed E-state index contributed by atoms with van der Waals surface area (Å²) in [4.78, 5) is 8.95. The number of aromatic nitrogens is 1. The lowest BCUT2D eigenvalue weighted by Gasteiger charge is -2.31. The van der Waals surface area contributed by atoms with Gasteiger partial charge in [-0.1, -0.05) is 91.0 Å². The summed E-state index contributed by atoms with van der Waals surface area (Å²) in [5.74, 6) is 0.292. The highest BCUT2D eigenvalue weighted by molar-refractivity contribution is 5.69. The second kappa shape index (κ2) is 15.2. The van der Waals surface area contributed by atoms with Crippen LogP contribution in [0.3, 0.4) is 0 Å². The van der Waals surface area contributed by atoms with Crippen molar-refractivity contribution in [2.45, 2.75) is 39.5 Å². The van der Waals surface area contributed by atoms with Crippen LogP contribution in [0.1, 0.15) is 72.9 Å². The van der Waals surface area contributed by atoms with Crippen molar-refractivity contribution in [1.82, 2.24) is 4.98 Å². The Labute approximate surface area is 264 Å². The van der Waals surface area contributed by atoms with E-state index < -0.39 is 0 Å². The molecule has 4 aromatic carbocycles. The van der Waals surface area contributed by atoms with Crippen molar-refractivity contribution in [3.8, 4) is 0 Å². The van der Waals surface area contributed by atoms with Crippen LogP contribution in [0.15, 0.2) is 128 Å². The normalized spacial score (nSPS) is 12.0. The van der Waals surface area contributed by atoms with Crippen molar-refractivity contribution in [2.75, 3.05) is 36.0 Å². The zero-order chi connectivity index (χ0) is 30.7. The molecular formula is C41H45N3. The van der Waals surface area contributed by atoms with E-state index in [4.69, 9.17) is 0 Å². The van der Waals surface area contributed by atoms with E-state index in [1.807, 2.05) is 24.5 Å². The Morgan fingerprint density at radius 3 is 1.23 bits per heavy atom. The van der Waals surface area contributed by atoms with Crippen molar-refractivity contribution < 1.29 is 0 Å². The molecule has 0 N–H and O–H groups in total. The second-order valence-corrected chi connectivity index (χ2v) is 11.2. The Balaban J connectivity index is 1.59. The van der Waals surface area contributed by atoms with Crippen LogP contribution in [-0.4, -0.2) is 31.2 Å². The van der Waals surface area contributed by atoms with Gasteiger partial charge in [0.15, 0.2) is 0 Å². The smallest absolute Gasteiger partial charge is 0.0366 e. The molecular weight excluding hydrogens is 534 g/mol. The van der Waals surface area contributed by atoms with Crippen LogP contribution >= 0.6 is 0 Å². The van der Waals surface area contributed by atoms with Gasteiger partial charge in [0.25, 0.3) is 0 Å². The number of pyridine rings is 1. The third-order valence-corrected chi connectivity index (χ3v) is 8.72. The molecule has 0 bridgehead atoms. The van der Waals surface area contributed by atoms with Crippen molar-refractivity contribution in [1.29, 1.82) is 0 Å². The fraction of sp³-hybridized carbons (Fsp3) is 0.244. The summed E-state index contributed by atoms with van der Waals surface area (Å²) in [6.45, 7) is 12.9. The van der Waals surface area contributed by atoms with Crippen LogP contribution < -0.4 is 9.80 Å². The Kier molecular flexibility index (Phi) is 10.6. The van der Waals surface area contributed by atoms with Crippen LogP contribution in [0, 0.1) is 0 Å². The quantitative estimate of drug-likeness (QED) is 0.138. The molecule has 0 saturated heterocycles. The lowest BCUT2D eigenvalue weighted by atomic mass is 9.73. The lowest BCUT2D eigenvalue weighted by molar-refractivity contribution is 0.693. The summed E-state index contributed by atoms with van der Waals surface area (Å²) in [6, 6.07) is 42.7. The molecule has 1 atom stereocenters. The molecule has 0 fully saturated rings. The maximum Gasteiger partial charge on any atom is 0.0366 e. The Bertz CT molecular complexity index is 1510. The lowest BCUT2D eigenvalue weighted by Crippen LogP contribution is -2.22. The highest BCUT2D eigenvalue weighted by atomic mass is 15.1. The minimum absolute atomic E-state index is 0.145. The van der Waals surface area contributed by atoms with Gasteiger partial charge in [0, 0.05) is 61.8 Å². The predicted octanol–water partition coefficient (Wildman–Crippen LogP) is 9.91. The Morgan fingerprint density at radius 2 is 0.818 bits per heavy atom. The van der Waals surface area contributed by atoms with Crippen LogP contribution in [0.25, 0.3) is 12.2 Å². The molecule has 0 radical (unpaired) electrons. The molecule has 1 heterocycles. The fourth-order valence-corrected chi connectivity index (χ4v) is 6.26. The maximum atomic E-state index is 4.13. The third-order valence-electron chi connectivity index (χ3n) is 8.72. The molecule has 1 unspecified atom stereocenters. The summed E-state index contributed by atoms with van der Waals surface area (Å²) >= 11 is 0. The topological polar surface area (TPSA) is 19.4 Å². The molecule has 1 aromatic heterocycles. The molecule has 0 amide bonds. The molecule has 0 aliphatic heterocycles. The van der Waals surface area contributed by atoms with Gasteiger partial charge in [-0.3, -0.25) is 4.98 Å². The number of nitrogens with zero attached hydrogens (tertiary/aromatic N) is 3. The molecule has 224 valence electrons. The summed E-state index contributed by atoms with van der Waals surface area (Å²) in [5, 5.41) is 0. The van der Waals surface area contributed by atoms with Crippen molar-refractivity contribution in [3.63, 3.8) is 0 Å². The van der Waals surface area contributed by atoms with Gasteiger partial charge in [-0.2, -0.15) is 0 Å². The van der Waals surface area contributed by atoms with E-state index >= 15 is 0 Å². The Hall–Kier alpha value is -4.63. The molecule has 5 aromatic rings. The second-order valence-electron chi connectivity index (χ2n) is 11.2. The van der Waals surface area contributed by atoms with Crippen LogP contribution in [-0.2, 0) is 0 Å². The van der Waals surface area contributed by atoms with E-state index in [-0.39, 0.29) is 11.8 Å². The van der Waals surface area contributed by atoms with Gasteiger partial charge in [0.05, 0.1) is 0 Å². The van der Waals surface area contributed by atoms with E-state index in [0.29, 0.717) is 0 Å². The van der Waals surface area contributed by atoms with Gasteiger partial charge in [0.1, 0.15) is 0 Å². The third kappa shape index (κ3) is 7.29. The first-order chi connectivity index (χ1) is 21.6. The molecule has 0 aliphatic rings. The van der Waals surface area contributed by atoms with E-state index in [2.05, 4.69) is 158 Å². The zero-order valence-corrected chi connectivity index (χ0v) is 26.6. The van der Waals surface area contributed by atoms with Gasteiger partial charge in [-0.05, 0) is 97.5 Å². The molecule has 3 nitrogen and oxygen atoms in total. The molecule has 44 heavy (non-hydrogen) atoms. The van der Waals surface area contributed by atoms with Gasteiger partial charge in [-0.25, -0.2) is 0 Å². The van der Waals surface area contributed by atoms with Crippen LogP contribution in [0.2, 0.25) is 0 Å². The fourth-order valence-electron chi connectivity index (χ4n) is 6.26. The van der Waals surface area contributed by atoms with Gasteiger partial charge < -0.3 is 9.80 Å². The van der Waals surface area contributed by atoms with Crippen molar-refractivity contribution in [2.24, 2.45) is 0 Å². The van der Waals surface area contributed by atoms with Crippen LogP contribution in [0.5, 0.6) is 0 Å². The van der Waals surface area contributed by atoms with Gasteiger partial charge in [0.2, 0.25) is 0 Å². The highest BCUT2D eigenvalue weighted by Crippen LogP contribution is 2.43. The highest BCUT2D eigenvalue weighted by Gasteiger charge is 2.28. The standard InChI is InChI=1S/C41H45N3/c1-5-43(6-2)38-24-20-36(21-25-38)41(37-22-26-39(27-23-37)44(7-3)8-4)40(34-12-10-9-11-13-34)35-18-16-32(17-19-35)14-15-33-28-30-42-31-29-33/h9-31,40-41H,5-8H2,1-4H3. The van der Waals surface area contributed by atoms with Crippen LogP contribution in [0.4, 0.5) is 11.4 Å².